The molecule has 4 nitrogen and oxygen atoms in total. The maximum atomic E-state index is 12.6. The second kappa shape index (κ2) is 6.71. The number of hydrogen-bond donors (Lipinski definition) is 1. The van der Waals surface area contributed by atoms with E-state index in [2.05, 4.69) is 31.0 Å². The third-order valence-corrected chi connectivity index (χ3v) is 4.61. The number of carbonyl (C=O) groups excluding carboxylic acids is 1. The van der Waals surface area contributed by atoms with Crippen LogP contribution in [-0.2, 0) is 9.53 Å². The lowest BCUT2D eigenvalue weighted by molar-refractivity contribution is -0.139. The van der Waals surface area contributed by atoms with Crippen LogP contribution in [0.2, 0.25) is 0 Å². The van der Waals surface area contributed by atoms with Gasteiger partial charge in [-0.3, -0.25) is 4.79 Å². The molecule has 0 radical (unpaired) electrons. The van der Waals surface area contributed by atoms with Gasteiger partial charge in [0.05, 0.1) is 12.0 Å². The Hall–Kier alpha value is -0.610. The first kappa shape index (κ1) is 14.8. The second-order valence-corrected chi connectivity index (χ2v) is 5.93. The quantitative estimate of drug-likeness (QED) is 0.843. The minimum absolute atomic E-state index is 0.105. The van der Waals surface area contributed by atoms with Gasteiger partial charge in [-0.25, -0.2) is 0 Å². The largest absolute Gasteiger partial charge is 0.377 e. The van der Waals surface area contributed by atoms with Gasteiger partial charge in [0.25, 0.3) is 0 Å². The molecule has 0 saturated carbocycles. The Labute approximate surface area is 116 Å². The van der Waals surface area contributed by atoms with Gasteiger partial charge in [-0.05, 0) is 31.7 Å². The third kappa shape index (κ3) is 3.29. The molecule has 4 heteroatoms. The van der Waals surface area contributed by atoms with Crippen molar-refractivity contribution in [3.8, 4) is 0 Å². The Morgan fingerprint density at radius 3 is 2.79 bits per heavy atom. The van der Waals surface area contributed by atoms with Crippen LogP contribution >= 0.6 is 0 Å². The Morgan fingerprint density at radius 1 is 1.37 bits per heavy atom. The van der Waals surface area contributed by atoms with Crippen LogP contribution in [0.1, 0.15) is 40.0 Å². The standard InChI is InChI=1S/C15H28N2O2/c1-4-14-12(7-9-19-14)15(18)17-8-6-13(16-5-2)11(3)10-17/h11-14,16H,4-10H2,1-3H3. The molecular formula is C15H28N2O2. The Kier molecular flexibility index (Phi) is 5.22. The molecular weight excluding hydrogens is 240 g/mol. The summed E-state index contributed by atoms with van der Waals surface area (Å²) in [4.78, 5) is 14.7. The van der Waals surface area contributed by atoms with Crippen molar-refractivity contribution in [3.05, 3.63) is 0 Å². The van der Waals surface area contributed by atoms with Crippen molar-refractivity contribution in [2.75, 3.05) is 26.2 Å². The molecule has 19 heavy (non-hydrogen) atoms. The number of hydrogen-bond acceptors (Lipinski definition) is 3. The van der Waals surface area contributed by atoms with Crippen LogP contribution in [0.25, 0.3) is 0 Å². The number of nitrogens with one attached hydrogen (secondary N) is 1. The van der Waals surface area contributed by atoms with E-state index in [0.29, 0.717) is 17.9 Å². The van der Waals surface area contributed by atoms with Crippen LogP contribution in [0.3, 0.4) is 0 Å². The van der Waals surface area contributed by atoms with Crippen molar-refractivity contribution in [2.45, 2.75) is 52.2 Å². The van der Waals surface area contributed by atoms with Crippen molar-refractivity contribution in [2.24, 2.45) is 11.8 Å². The van der Waals surface area contributed by atoms with Gasteiger partial charge in [0.15, 0.2) is 0 Å². The average molecular weight is 268 g/mol. The molecule has 1 amide bonds. The molecule has 2 fully saturated rings. The average Bonchev–Trinajstić information content (AvgIpc) is 2.88. The fraction of sp³-hybridized carbons (Fsp3) is 0.933. The van der Waals surface area contributed by atoms with Gasteiger partial charge < -0.3 is 15.0 Å². The maximum Gasteiger partial charge on any atom is 0.228 e. The molecule has 0 spiro atoms. The number of rotatable bonds is 4. The van der Waals surface area contributed by atoms with Crippen molar-refractivity contribution < 1.29 is 9.53 Å². The van der Waals surface area contributed by atoms with E-state index >= 15 is 0 Å². The number of amides is 1. The first-order chi connectivity index (χ1) is 9.17. The summed E-state index contributed by atoms with van der Waals surface area (Å²) >= 11 is 0. The topological polar surface area (TPSA) is 41.6 Å². The molecule has 1 N–H and O–H groups in total. The summed E-state index contributed by atoms with van der Waals surface area (Å²) in [5.74, 6) is 0.971. The van der Waals surface area contributed by atoms with E-state index in [4.69, 9.17) is 4.74 Å². The zero-order valence-corrected chi connectivity index (χ0v) is 12.5. The van der Waals surface area contributed by atoms with Crippen LogP contribution in [0.15, 0.2) is 0 Å². The minimum Gasteiger partial charge on any atom is -0.377 e. The predicted molar refractivity (Wildman–Crippen MR) is 76.0 cm³/mol. The molecule has 2 aliphatic rings. The summed E-state index contributed by atoms with van der Waals surface area (Å²) in [7, 11) is 0. The summed E-state index contributed by atoms with van der Waals surface area (Å²) < 4.78 is 5.65. The highest BCUT2D eigenvalue weighted by Crippen LogP contribution is 2.27. The van der Waals surface area contributed by atoms with E-state index in [-0.39, 0.29) is 12.0 Å². The highest BCUT2D eigenvalue weighted by atomic mass is 16.5. The Morgan fingerprint density at radius 2 is 2.16 bits per heavy atom. The normalized spacial score (nSPS) is 35.6. The Balaban J connectivity index is 1.91. The fourth-order valence-electron chi connectivity index (χ4n) is 3.48. The number of piperidine rings is 1. The van der Waals surface area contributed by atoms with Gasteiger partial charge in [-0.1, -0.05) is 20.8 Å². The van der Waals surface area contributed by atoms with Crippen LogP contribution in [0.5, 0.6) is 0 Å². The van der Waals surface area contributed by atoms with Gasteiger partial charge >= 0.3 is 0 Å². The smallest absolute Gasteiger partial charge is 0.228 e. The molecule has 2 aliphatic heterocycles. The van der Waals surface area contributed by atoms with Crippen LogP contribution < -0.4 is 5.32 Å². The predicted octanol–water partition coefficient (Wildman–Crippen LogP) is 1.65. The lowest BCUT2D eigenvalue weighted by atomic mass is 9.91. The van der Waals surface area contributed by atoms with Crippen molar-refractivity contribution >= 4 is 5.91 Å². The van der Waals surface area contributed by atoms with Crippen LogP contribution in [0.4, 0.5) is 0 Å². The maximum absolute atomic E-state index is 12.6. The first-order valence-electron chi connectivity index (χ1n) is 7.81. The van der Waals surface area contributed by atoms with Gasteiger partial charge in [-0.15, -0.1) is 0 Å². The van der Waals surface area contributed by atoms with Gasteiger partial charge in [0.1, 0.15) is 0 Å². The molecule has 2 heterocycles. The molecule has 0 aromatic rings. The van der Waals surface area contributed by atoms with E-state index in [1.54, 1.807) is 0 Å². The van der Waals surface area contributed by atoms with E-state index in [1.807, 2.05) is 0 Å². The fourth-order valence-corrected chi connectivity index (χ4v) is 3.48. The summed E-state index contributed by atoms with van der Waals surface area (Å²) in [5, 5.41) is 3.52. The summed E-state index contributed by atoms with van der Waals surface area (Å²) in [6.45, 7) is 10.0. The lowest BCUT2D eigenvalue weighted by Gasteiger charge is -2.38. The molecule has 110 valence electrons. The van der Waals surface area contributed by atoms with Gasteiger partial charge in [-0.2, -0.15) is 0 Å². The summed E-state index contributed by atoms with van der Waals surface area (Å²) in [6, 6.07) is 0.566. The highest BCUT2D eigenvalue weighted by molar-refractivity contribution is 5.79. The zero-order valence-electron chi connectivity index (χ0n) is 12.5. The molecule has 0 aliphatic carbocycles. The van der Waals surface area contributed by atoms with Gasteiger partial charge in [0, 0.05) is 25.7 Å². The number of ether oxygens (including phenoxy) is 1. The monoisotopic (exact) mass is 268 g/mol. The van der Waals surface area contributed by atoms with E-state index in [9.17, 15) is 4.79 Å². The van der Waals surface area contributed by atoms with E-state index < -0.39 is 0 Å². The third-order valence-electron chi connectivity index (χ3n) is 4.61. The second-order valence-electron chi connectivity index (χ2n) is 5.93. The minimum atomic E-state index is 0.105. The zero-order chi connectivity index (χ0) is 13.8. The van der Waals surface area contributed by atoms with Crippen molar-refractivity contribution in [1.29, 1.82) is 0 Å². The molecule has 4 unspecified atom stereocenters. The molecule has 0 aromatic heterocycles. The molecule has 2 saturated heterocycles. The highest BCUT2D eigenvalue weighted by Gasteiger charge is 2.37. The number of nitrogens with zero attached hydrogens (tertiary/aromatic N) is 1. The molecule has 0 bridgehead atoms. The number of likely N-dealkylation sites (tertiary alicyclic amines) is 1. The van der Waals surface area contributed by atoms with E-state index in [0.717, 1.165) is 45.5 Å². The first-order valence-corrected chi connectivity index (χ1v) is 7.81. The summed E-state index contributed by atoms with van der Waals surface area (Å²) in [5.41, 5.74) is 0. The van der Waals surface area contributed by atoms with Crippen molar-refractivity contribution in [1.82, 2.24) is 10.2 Å². The van der Waals surface area contributed by atoms with Crippen LogP contribution in [-0.4, -0.2) is 49.2 Å². The molecule has 2 rings (SSSR count). The van der Waals surface area contributed by atoms with E-state index in [1.165, 1.54) is 0 Å². The van der Waals surface area contributed by atoms with Crippen molar-refractivity contribution in [3.63, 3.8) is 0 Å². The Bertz CT molecular complexity index is 309. The lowest BCUT2D eigenvalue weighted by Crippen LogP contribution is -2.52. The molecule has 0 aromatic carbocycles. The van der Waals surface area contributed by atoms with Gasteiger partial charge in [0.2, 0.25) is 5.91 Å². The molecule has 4 atom stereocenters. The van der Waals surface area contributed by atoms with Crippen LogP contribution in [0, 0.1) is 11.8 Å². The SMILES string of the molecule is CCNC1CCN(C(=O)C2CCOC2CC)CC1C. The number of carbonyl (C=O) groups is 1. The summed E-state index contributed by atoms with van der Waals surface area (Å²) in [6.07, 6.45) is 3.07.